The second-order valence-electron chi connectivity index (χ2n) is 6.53. The van der Waals surface area contributed by atoms with Gasteiger partial charge >= 0.3 is 0 Å². The van der Waals surface area contributed by atoms with Crippen molar-refractivity contribution in [1.29, 1.82) is 0 Å². The van der Waals surface area contributed by atoms with E-state index in [2.05, 4.69) is 33.0 Å². The fourth-order valence-electron chi connectivity index (χ4n) is 2.60. The zero-order chi connectivity index (χ0) is 19.9. The Morgan fingerprint density at radius 2 is 2.18 bits per heavy atom. The largest absolute Gasteiger partial charge is 0.383 e. The minimum atomic E-state index is -1.08. The minimum absolute atomic E-state index is 0. The van der Waals surface area contributed by atoms with Gasteiger partial charge in [0.1, 0.15) is 5.60 Å². The van der Waals surface area contributed by atoms with Crippen LogP contribution in [-0.2, 0) is 12.6 Å². The molecule has 0 aliphatic rings. The molecular formula is C19H29ClIN5OS. The number of hydrogen-bond acceptors (Lipinski definition) is 4. The maximum Gasteiger partial charge on any atom is 0.191 e. The van der Waals surface area contributed by atoms with E-state index >= 15 is 0 Å². The molecule has 0 saturated heterocycles. The summed E-state index contributed by atoms with van der Waals surface area (Å²) in [6, 6.07) is 7.90. The lowest BCUT2D eigenvalue weighted by atomic mass is 10.0. The van der Waals surface area contributed by atoms with Crippen LogP contribution in [0.4, 0.5) is 0 Å². The number of nitrogens with zero attached hydrogens (tertiary/aromatic N) is 3. The minimum Gasteiger partial charge on any atom is -0.383 e. The van der Waals surface area contributed by atoms with E-state index < -0.39 is 5.60 Å². The number of nitrogens with one attached hydrogen (secondary N) is 2. The van der Waals surface area contributed by atoms with E-state index in [0.29, 0.717) is 12.5 Å². The summed E-state index contributed by atoms with van der Waals surface area (Å²) in [5.41, 5.74) is 0.828. The quantitative estimate of drug-likeness (QED) is 0.273. The van der Waals surface area contributed by atoms with Gasteiger partial charge in [-0.1, -0.05) is 23.7 Å². The molecule has 0 aliphatic heterocycles. The number of halogens is 2. The smallest absolute Gasteiger partial charge is 0.191 e. The second-order valence-corrected chi connectivity index (χ2v) is 8.01. The molecule has 0 fully saturated rings. The van der Waals surface area contributed by atoms with E-state index in [1.807, 2.05) is 32.2 Å². The third-order valence-electron chi connectivity index (χ3n) is 4.18. The van der Waals surface area contributed by atoms with Crippen molar-refractivity contribution in [1.82, 2.24) is 20.4 Å². The number of benzene rings is 1. The van der Waals surface area contributed by atoms with Crippen molar-refractivity contribution in [3.05, 3.63) is 52.8 Å². The number of aliphatic imine (C=N–C) groups is 1. The number of thioether (sulfide) groups is 1. The number of rotatable bonds is 8. The third kappa shape index (κ3) is 7.46. The highest BCUT2D eigenvalue weighted by Crippen LogP contribution is 2.27. The van der Waals surface area contributed by atoms with Crippen LogP contribution >= 0.6 is 47.3 Å². The molecule has 1 aromatic heterocycles. The maximum atomic E-state index is 10.7. The zero-order valence-electron chi connectivity index (χ0n) is 16.6. The van der Waals surface area contributed by atoms with Gasteiger partial charge in [-0.05, 0) is 37.8 Å². The number of hydrogen-bond donors (Lipinski definition) is 3. The monoisotopic (exact) mass is 537 g/mol. The Balaban J connectivity index is 0.00000392. The van der Waals surface area contributed by atoms with E-state index in [4.69, 9.17) is 11.6 Å². The Morgan fingerprint density at radius 3 is 2.75 bits per heavy atom. The topological polar surface area (TPSA) is 74.5 Å². The van der Waals surface area contributed by atoms with Gasteiger partial charge in [0.05, 0.1) is 12.7 Å². The molecule has 9 heteroatoms. The summed E-state index contributed by atoms with van der Waals surface area (Å²) >= 11 is 7.87. The summed E-state index contributed by atoms with van der Waals surface area (Å²) in [4.78, 5) is 4.56. The molecule has 0 bridgehead atoms. The Kier molecular flexibility index (Phi) is 10.6. The van der Waals surface area contributed by atoms with E-state index in [-0.39, 0.29) is 35.8 Å². The lowest BCUT2D eigenvalue weighted by Crippen LogP contribution is -2.40. The highest BCUT2D eigenvalue weighted by molar-refractivity contribution is 14.0. The molecular weight excluding hydrogens is 509 g/mol. The van der Waals surface area contributed by atoms with E-state index in [0.717, 1.165) is 17.1 Å². The van der Waals surface area contributed by atoms with Gasteiger partial charge in [0.25, 0.3) is 0 Å². The lowest BCUT2D eigenvalue weighted by molar-refractivity contribution is 0.0672. The molecule has 0 aliphatic carbocycles. The van der Waals surface area contributed by atoms with Crippen molar-refractivity contribution in [3.8, 4) is 0 Å². The van der Waals surface area contributed by atoms with E-state index in [9.17, 15) is 5.11 Å². The summed E-state index contributed by atoms with van der Waals surface area (Å²) in [5, 5.41) is 22.4. The van der Waals surface area contributed by atoms with Gasteiger partial charge in [-0.2, -0.15) is 16.9 Å². The third-order valence-corrected chi connectivity index (χ3v) is 5.42. The molecule has 28 heavy (non-hydrogen) atoms. The molecule has 2 atom stereocenters. The van der Waals surface area contributed by atoms with E-state index in [1.54, 1.807) is 35.8 Å². The number of guanidine groups is 1. The Bertz CT molecular complexity index is 768. The molecule has 1 heterocycles. The molecule has 0 saturated carbocycles. The van der Waals surface area contributed by atoms with Crippen molar-refractivity contribution in [2.24, 2.45) is 12.0 Å². The first-order valence-electron chi connectivity index (χ1n) is 8.87. The molecule has 0 radical (unpaired) electrons. The van der Waals surface area contributed by atoms with Crippen LogP contribution in [0.5, 0.6) is 0 Å². The first-order chi connectivity index (χ1) is 12.9. The van der Waals surface area contributed by atoms with Crippen LogP contribution in [-0.4, -0.2) is 46.7 Å². The summed E-state index contributed by atoms with van der Waals surface area (Å²) in [5.74, 6) is 0.669. The fraction of sp³-hybridized carbons (Fsp3) is 0.474. The molecule has 1 aromatic carbocycles. The zero-order valence-corrected chi connectivity index (χ0v) is 20.5. The average molecular weight is 538 g/mol. The van der Waals surface area contributed by atoms with Crippen LogP contribution in [0.2, 0.25) is 5.02 Å². The summed E-state index contributed by atoms with van der Waals surface area (Å²) in [6.07, 6.45) is 5.54. The van der Waals surface area contributed by atoms with Crippen molar-refractivity contribution >= 4 is 53.3 Å². The van der Waals surface area contributed by atoms with Crippen molar-refractivity contribution in [2.45, 2.75) is 24.7 Å². The molecule has 2 unspecified atom stereocenters. The predicted octanol–water partition coefficient (Wildman–Crippen LogP) is 3.56. The van der Waals surface area contributed by atoms with E-state index in [1.165, 1.54) is 5.56 Å². The highest BCUT2D eigenvalue weighted by atomic mass is 127. The molecule has 0 spiro atoms. The first-order valence-corrected chi connectivity index (χ1v) is 10.5. The predicted molar refractivity (Wildman–Crippen MR) is 130 cm³/mol. The van der Waals surface area contributed by atoms with Gasteiger partial charge in [-0.25, -0.2) is 4.99 Å². The van der Waals surface area contributed by atoms with Crippen LogP contribution in [0.25, 0.3) is 0 Å². The normalized spacial score (nSPS) is 14.7. The van der Waals surface area contributed by atoms with Gasteiger partial charge < -0.3 is 15.7 Å². The molecule has 156 valence electrons. The lowest BCUT2D eigenvalue weighted by Gasteiger charge is -2.22. The summed E-state index contributed by atoms with van der Waals surface area (Å²) < 4.78 is 1.67. The van der Waals surface area contributed by atoms with Crippen LogP contribution in [0.3, 0.4) is 0 Å². The number of aliphatic hydroxyl groups is 1. The Labute approximate surface area is 193 Å². The van der Waals surface area contributed by atoms with Crippen molar-refractivity contribution in [3.63, 3.8) is 0 Å². The Hall–Kier alpha value is -0.970. The Morgan fingerprint density at radius 1 is 1.43 bits per heavy atom. The fourth-order valence-corrected chi connectivity index (χ4v) is 3.47. The molecule has 2 rings (SSSR count). The molecule has 2 aromatic rings. The van der Waals surface area contributed by atoms with Crippen LogP contribution in [0, 0.1) is 0 Å². The second kappa shape index (κ2) is 11.9. The van der Waals surface area contributed by atoms with Gasteiger partial charge in [-0.15, -0.1) is 24.0 Å². The molecule has 0 amide bonds. The van der Waals surface area contributed by atoms with Crippen molar-refractivity contribution < 1.29 is 5.11 Å². The number of aromatic nitrogens is 2. The van der Waals surface area contributed by atoms with Crippen LogP contribution < -0.4 is 10.6 Å². The maximum absolute atomic E-state index is 10.7. The molecule has 3 N–H and O–H groups in total. The molecule has 6 nitrogen and oxygen atoms in total. The van der Waals surface area contributed by atoms with Gasteiger partial charge in [0, 0.05) is 42.2 Å². The van der Waals surface area contributed by atoms with Crippen molar-refractivity contribution in [2.75, 3.05) is 25.9 Å². The van der Waals surface area contributed by atoms with Crippen LogP contribution in [0.1, 0.15) is 30.2 Å². The summed E-state index contributed by atoms with van der Waals surface area (Å²) in [6.45, 7) is 5.42. The standard InChI is InChI=1S/C19H28ClN5OS.HI/c1-5-21-18(23-13-19(2,26)15-10-24-25(3)12-15)22-11-17(27-4)14-7-6-8-16(20)9-14;/h6-10,12,17,26H,5,11,13H2,1-4H3,(H2,21,22,23);1H. The number of aryl methyl sites for hydroxylation is 1. The van der Waals surface area contributed by atoms with Gasteiger partial charge in [0.15, 0.2) is 5.96 Å². The highest BCUT2D eigenvalue weighted by Gasteiger charge is 2.24. The SMILES string of the molecule is CCNC(=NCC(C)(O)c1cnn(C)c1)NCC(SC)c1cccc(Cl)c1.I. The van der Waals surface area contributed by atoms with Gasteiger partial charge in [0.2, 0.25) is 0 Å². The summed E-state index contributed by atoms with van der Waals surface area (Å²) in [7, 11) is 1.83. The van der Waals surface area contributed by atoms with Crippen LogP contribution in [0.15, 0.2) is 41.7 Å². The first kappa shape index (κ1) is 25.1. The average Bonchev–Trinajstić information content (AvgIpc) is 3.07. The van der Waals surface area contributed by atoms with Gasteiger partial charge in [-0.3, -0.25) is 4.68 Å².